The summed E-state index contributed by atoms with van der Waals surface area (Å²) in [6.45, 7) is 3.55. The zero-order valence-corrected chi connectivity index (χ0v) is 15.7. The van der Waals surface area contributed by atoms with E-state index in [1.165, 1.54) is 22.9 Å². The minimum absolute atomic E-state index is 0.163. The van der Waals surface area contributed by atoms with Crippen LogP contribution in [0.1, 0.15) is 21.7 Å². The Hall–Kier alpha value is -2.80. The number of hydrogen-bond donors (Lipinski definition) is 1. The van der Waals surface area contributed by atoms with E-state index in [0.717, 1.165) is 5.56 Å². The predicted octanol–water partition coefficient (Wildman–Crippen LogP) is 4.00. The molecule has 1 amide bonds. The van der Waals surface area contributed by atoms with Crippen LogP contribution in [0.15, 0.2) is 57.8 Å². The monoisotopic (exact) mass is 415 g/mol. The van der Waals surface area contributed by atoms with E-state index in [-0.39, 0.29) is 11.4 Å². The van der Waals surface area contributed by atoms with Gasteiger partial charge in [0.25, 0.3) is 5.91 Å². The second-order valence-corrected chi connectivity index (χ2v) is 6.65. The fourth-order valence-corrected chi connectivity index (χ4v) is 3.07. The van der Waals surface area contributed by atoms with Gasteiger partial charge < -0.3 is 5.32 Å². The zero-order valence-electron chi connectivity index (χ0n) is 14.1. The van der Waals surface area contributed by atoms with Gasteiger partial charge in [0.15, 0.2) is 5.69 Å². The number of hydrogen-bond acceptors (Lipinski definition) is 3. The number of nitrogens with one attached hydrogen (secondary N) is 1. The number of benzene rings is 2. The van der Waals surface area contributed by atoms with Crippen LogP contribution in [-0.2, 0) is 0 Å². The summed E-state index contributed by atoms with van der Waals surface area (Å²) in [5.41, 5.74) is 1.27. The summed E-state index contributed by atoms with van der Waals surface area (Å²) in [5, 5.41) is 6.73. The molecule has 26 heavy (non-hydrogen) atoms. The van der Waals surface area contributed by atoms with Crippen LogP contribution < -0.4 is 10.7 Å². The smallest absolute Gasteiger partial charge is 0.280 e. The molecule has 1 aromatic heterocycles. The molecule has 0 aliphatic heterocycles. The average molecular weight is 416 g/mol. The van der Waals surface area contributed by atoms with Crippen molar-refractivity contribution in [1.82, 2.24) is 9.78 Å². The SMILES string of the molecule is Cc1ccc(NC(=O)c2nn(-c3ccccc3F)c(C)cc2=O)c(Br)c1. The summed E-state index contributed by atoms with van der Waals surface area (Å²) in [6, 6.07) is 12.7. The van der Waals surface area contributed by atoms with E-state index in [2.05, 4.69) is 26.3 Å². The van der Waals surface area contributed by atoms with Crippen LogP contribution in [0.2, 0.25) is 0 Å². The van der Waals surface area contributed by atoms with E-state index >= 15 is 0 Å². The van der Waals surface area contributed by atoms with Crippen molar-refractivity contribution in [1.29, 1.82) is 0 Å². The number of nitrogens with zero attached hydrogens (tertiary/aromatic N) is 2. The topological polar surface area (TPSA) is 64.0 Å². The first-order valence-electron chi connectivity index (χ1n) is 7.80. The molecule has 3 aromatic rings. The van der Waals surface area contributed by atoms with E-state index < -0.39 is 17.2 Å². The molecule has 0 aliphatic carbocycles. The second-order valence-electron chi connectivity index (χ2n) is 5.80. The highest BCUT2D eigenvalue weighted by atomic mass is 79.9. The number of amides is 1. The molecule has 0 aliphatic rings. The van der Waals surface area contributed by atoms with Crippen LogP contribution >= 0.6 is 15.9 Å². The summed E-state index contributed by atoms with van der Waals surface area (Å²) in [6.07, 6.45) is 0. The molecule has 1 N–H and O–H groups in total. The predicted molar refractivity (Wildman–Crippen MR) is 101 cm³/mol. The Morgan fingerprint density at radius 1 is 1.15 bits per heavy atom. The number of para-hydroxylation sites is 1. The summed E-state index contributed by atoms with van der Waals surface area (Å²) >= 11 is 3.37. The van der Waals surface area contributed by atoms with Gasteiger partial charge in [0, 0.05) is 16.2 Å². The molecule has 0 radical (unpaired) electrons. The Morgan fingerprint density at radius 3 is 2.58 bits per heavy atom. The minimum atomic E-state index is -0.662. The number of aryl methyl sites for hydroxylation is 2. The molecule has 0 atom stereocenters. The maximum atomic E-state index is 14.1. The molecule has 1 heterocycles. The first-order valence-corrected chi connectivity index (χ1v) is 8.59. The summed E-state index contributed by atoms with van der Waals surface area (Å²) in [5.74, 6) is -1.16. The van der Waals surface area contributed by atoms with Gasteiger partial charge in [-0.3, -0.25) is 9.59 Å². The van der Waals surface area contributed by atoms with Gasteiger partial charge in [-0.2, -0.15) is 5.10 Å². The molecule has 132 valence electrons. The van der Waals surface area contributed by atoms with Crippen molar-refractivity contribution in [2.45, 2.75) is 13.8 Å². The van der Waals surface area contributed by atoms with Gasteiger partial charge in [-0.05, 0) is 59.6 Å². The first kappa shape index (κ1) is 18.0. The van der Waals surface area contributed by atoms with Gasteiger partial charge >= 0.3 is 0 Å². The fraction of sp³-hybridized carbons (Fsp3) is 0.105. The molecule has 0 saturated carbocycles. The third-order valence-corrected chi connectivity index (χ3v) is 4.43. The quantitative estimate of drug-likeness (QED) is 0.702. The lowest BCUT2D eigenvalue weighted by Crippen LogP contribution is -2.27. The minimum Gasteiger partial charge on any atom is -0.319 e. The Kier molecular flexibility index (Phi) is 4.99. The maximum Gasteiger partial charge on any atom is 0.280 e. The standard InChI is InChI=1S/C19H15BrFN3O2/c1-11-7-8-15(13(20)9-11)22-19(26)18-17(25)10-12(2)24(23-18)16-6-4-3-5-14(16)21/h3-10H,1-2H3,(H,22,26). The largest absolute Gasteiger partial charge is 0.319 e. The Morgan fingerprint density at radius 2 is 1.88 bits per heavy atom. The number of carbonyl (C=O) groups is 1. The van der Waals surface area contributed by atoms with E-state index in [1.54, 1.807) is 25.1 Å². The van der Waals surface area contributed by atoms with Crippen molar-refractivity contribution in [2.24, 2.45) is 0 Å². The molecule has 5 nitrogen and oxygen atoms in total. The highest BCUT2D eigenvalue weighted by Crippen LogP contribution is 2.23. The number of aromatic nitrogens is 2. The number of rotatable bonds is 3. The lowest BCUT2D eigenvalue weighted by Gasteiger charge is -2.12. The van der Waals surface area contributed by atoms with Crippen molar-refractivity contribution >= 4 is 27.5 Å². The number of carbonyl (C=O) groups excluding carboxylic acids is 1. The van der Waals surface area contributed by atoms with Gasteiger partial charge in [0.2, 0.25) is 5.43 Å². The van der Waals surface area contributed by atoms with Crippen LogP contribution in [0.4, 0.5) is 10.1 Å². The molecule has 0 bridgehead atoms. The van der Waals surface area contributed by atoms with Crippen LogP contribution in [-0.4, -0.2) is 15.7 Å². The molecule has 0 unspecified atom stereocenters. The lowest BCUT2D eigenvalue weighted by molar-refractivity contribution is 0.101. The molecular weight excluding hydrogens is 401 g/mol. The van der Waals surface area contributed by atoms with Crippen molar-refractivity contribution in [3.63, 3.8) is 0 Å². The lowest BCUT2D eigenvalue weighted by atomic mass is 10.2. The van der Waals surface area contributed by atoms with E-state index in [9.17, 15) is 14.0 Å². The molecule has 2 aromatic carbocycles. The first-order chi connectivity index (χ1) is 12.4. The van der Waals surface area contributed by atoms with Gasteiger partial charge in [0.05, 0.1) is 5.69 Å². The number of halogens is 2. The van der Waals surface area contributed by atoms with Gasteiger partial charge in [-0.25, -0.2) is 9.07 Å². The Labute approximate surface area is 157 Å². The van der Waals surface area contributed by atoms with Crippen LogP contribution in [0.3, 0.4) is 0 Å². The van der Waals surface area contributed by atoms with E-state index in [1.807, 2.05) is 19.1 Å². The highest BCUT2D eigenvalue weighted by Gasteiger charge is 2.17. The summed E-state index contributed by atoms with van der Waals surface area (Å²) in [4.78, 5) is 24.8. The molecular formula is C19H15BrFN3O2. The molecule has 0 saturated heterocycles. The Balaban J connectivity index is 2.02. The molecule has 3 rings (SSSR count). The average Bonchev–Trinajstić information content (AvgIpc) is 2.58. The highest BCUT2D eigenvalue weighted by molar-refractivity contribution is 9.10. The van der Waals surface area contributed by atoms with Crippen molar-refractivity contribution in [3.05, 3.63) is 86.0 Å². The second kappa shape index (κ2) is 7.21. The number of anilines is 1. The van der Waals surface area contributed by atoms with Crippen LogP contribution in [0.25, 0.3) is 5.69 Å². The summed E-state index contributed by atoms with van der Waals surface area (Å²) < 4.78 is 16.0. The fourth-order valence-electron chi connectivity index (χ4n) is 2.48. The van der Waals surface area contributed by atoms with Crippen molar-refractivity contribution in [3.8, 4) is 5.69 Å². The molecule has 0 spiro atoms. The van der Waals surface area contributed by atoms with Gasteiger partial charge in [-0.15, -0.1) is 0 Å². The zero-order chi connectivity index (χ0) is 18.8. The third kappa shape index (κ3) is 3.57. The Bertz CT molecular complexity index is 1060. The molecule has 0 fully saturated rings. The summed E-state index contributed by atoms with van der Waals surface area (Å²) in [7, 11) is 0. The molecule has 7 heteroatoms. The van der Waals surface area contributed by atoms with E-state index in [0.29, 0.717) is 15.9 Å². The van der Waals surface area contributed by atoms with Crippen LogP contribution in [0, 0.1) is 19.7 Å². The van der Waals surface area contributed by atoms with Crippen molar-refractivity contribution in [2.75, 3.05) is 5.32 Å². The third-order valence-electron chi connectivity index (χ3n) is 3.78. The van der Waals surface area contributed by atoms with E-state index in [4.69, 9.17) is 0 Å². The van der Waals surface area contributed by atoms with Crippen molar-refractivity contribution < 1.29 is 9.18 Å². The van der Waals surface area contributed by atoms with Gasteiger partial charge in [-0.1, -0.05) is 18.2 Å². The normalized spacial score (nSPS) is 10.6. The van der Waals surface area contributed by atoms with Gasteiger partial charge in [0.1, 0.15) is 11.5 Å². The maximum absolute atomic E-state index is 14.1. The van der Waals surface area contributed by atoms with Crippen LogP contribution in [0.5, 0.6) is 0 Å².